The Morgan fingerprint density at radius 3 is 2.00 bits per heavy atom. The maximum absolute atomic E-state index is 2.59. The molecule has 1 fully saturated rings. The van der Waals surface area contributed by atoms with Crippen molar-refractivity contribution < 1.29 is 0 Å². The molecule has 1 saturated heterocycles. The standard InChI is InChI=1S/C22H30N2/c1-17(2)20-11-8-12-21(18(3)4)22(20)24-14-13-23(16-24)15-19-9-6-5-7-10-19/h5-12,17-18H,13-16H2,1-4H3. The van der Waals surface area contributed by atoms with Crippen molar-refractivity contribution in [2.45, 2.75) is 46.1 Å². The first-order valence-corrected chi connectivity index (χ1v) is 9.20. The number of rotatable bonds is 5. The van der Waals surface area contributed by atoms with Gasteiger partial charge in [-0.25, -0.2) is 0 Å². The van der Waals surface area contributed by atoms with Gasteiger partial charge in [0.1, 0.15) is 0 Å². The second-order valence-electron chi connectivity index (χ2n) is 7.54. The van der Waals surface area contributed by atoms with Crippen LogP contribution >= 0.6 is 0 Å². The van der Waals surface area contributed by atoms with Gasteiger partial charge >= 0.3 is 0 Å². The molecule has 2 aromatic rings. The third-order valence-electron chi connectivity index (χ3n) is 4.96. The molecule has 2 nitrogen and oxygen atoms in total. The van der Waals surface area contributed by atoms with Gasteiger partial charge < -0.3 is 4.90 Å². The fourth-order valence-electron chi connectivity index (χ4n) is 3.68. The Morgan fingerprint density at radius 1 is 0.792 bits per heavy atom. The monoisotopic (exact) mass is 322 g/mol. The highest BCUT2D eigenvalue weighted by molar-refractivity contribution is 5.62. The van der Waals surface area contributed by atoms with Crippen LogP contribution in [0.1, 0.15) is 56.2 Å². The first kappa shape index (κ1) is 17.0. The molecule has 1 aliphatic heterocycles. The minimum atomic E-state index is 0.557. The average molecular weight is 322 g/mol. The molecule has 0 aliphatic carbocycles. The van der Waals surface area contributed by atoms with Crippen molar-refractivity contribution >= 4 is 5.69 Å². The molecule has 0 N–H and O–H groups in total. The zero-order valence-electron chi connectivity index (χ0n) is 15.5. The smallest absolute Gasteiger partial charge is 0.0711 e. The van der Waals surface area contributed by atoms with Crippen LogP contribution in [0.5, 0.6) is 0 Å². The Labute approximate surface area is 147 Å². The first-order chi connectivity index (χ1) is 11.6. The van der Waals surface area contributed by atoms with Crippen LogP contribution in [0.4, 0.5) is 5.69 Å². The van der Waals surface area contributed by atoms with E-state index in [1.807, 2.05) is 0 Å². The number of para-hydroxylation sites is 1. The summed E-state index contributed by atoms with van der Waals surface area (Å²) in [5.74, 6) is 1.11. The van der Waals surface area contributed by atoms with E-state index in [9.17, 15) is 0 Å². The highest BCUT2D eigenvalue weighted by Gasteiger charge is 2.25. The summed E-state index contributed by atoms with van der Waals surface area (Å²) in [5, 5.41) is 0. The fourth-order valence-corrected chi connectivity index (χ4v) is 3.68. The molecule has 1 aliphatic rings. The molecule has 0 bridgehead atoms. The maximum Gasteiger partial charge on any atom is 0.0711 e. The molecular formula is C22H30N2. The van der Waals surface area contributed by atoms with E-state index in [0.717, 1.165) is 26.3 Å². The molecule has 1 heterocycles. The summed E-state index contributed by atoms with van der Waals surface area (Å²) >= 11 is 0. The predicted molar refractivity (Wildman–Crippen MR) is 104 cm³/mol. The molecule has 2 heteroatoms. The van der Waals surface area contributed by atoms with Crippen LogP contribution < -0.4 is 4.90 Å². The van der Waals surface area contributed by atoms with E-state index in [-0.39, 0.29) is 0 Å². The van der Waals surface area contributed by atoms with Crippen molar-refractivity contribution in [1.82, 2.24) is 4.90 Å². The van der Waals surface area contributed by atoms with E-state index < -0.39 is 0 Å². The molecule has 0 spiro atoms. The Morgan fingerprint density at radius 2 is 1.42 bits per heavy atom. The molecule has 128 valence electrons. The summed E-state index contributed by atoms with van der Waals surface area (Å²) in [6, 6.07) is 17.7. The highest BCUT2D eigenvalue weighted by Crippen LogP contribution is 2.36. The Bertz CT molecular complexity index is 635. The van der Waals surface area contributed by atoms with E-state index in [4.69, 9.17) is 0 Å². The van der Waals surface area contributed by atoms with Crippen molar-refractivity contribution in [2.24, 2.45) is 0 Å². The van der Waals surface area contributed by atoms with Crippen LogP contribution in [0, 0.1) is 0 Å². The van der Waals surface area contributed by atoms with Crippen molar-refractivity contribution in [3.8, 4) is 0 Å². The maximum atomic E-state index is 2.59. The molecule has 0 atom stereocenters. The van der Waals surface area contributed by atoms with E-state index >= 15 is 0 Å². The lowest BCUT2D eigenvalue weighted by molar-refractivity contribution is 0.334. The summed E-state index contributed by atoms with van der Waals surface area (Å²) in [6.45, 7) is 13.6. The Hall–Kier alpha value is -1.80. The third-order valence-corrected chi connectivity index (χ3v) is 4.96. The molecule has 0 amide bonds. The van der Waals surface area contributed by atoms with Gasteiger partial charge in [-0.15, -0.1) is 0 Å². The van der Waals surface area contributed by atoms with Crippen LogP contribution in [-0.2, 0) is 6.54 Å². The van der Waals surface area contributed by atoms with Gasteiger partial charge in [-0.2, -0.15) is 0 Å². The summed E-state index contributed by atoms with van der Waals surface area (Å²) in [4.78, 5) is 5.14. The van der Waals surface area contributed by atoms with Gasteiger partial charge in [-0.1, -0.05) is 76.2 Å². The van der Waals surface area contributed by atoms with Crippen molar-refractivity contribution in [3.63, 3.8) is 0 Å². The van der Waals surface area contributed by atoms with Crippen LogP contribution in [0.3, 0.4) is 0 Å². The predicted octanol–water partition coefficient (Wildman–Crippen LogP) is 5.21. The minimum Gasteiger partial charge on any atom is -0.357 e. The van der Waals surface area contributed by atoms with Gasteiger partial charge in [0, 0.05) is 25.3 Å². The van der Waals surface area contributed by atoms with Crippen molar-refractivity contribution in [3.05, 3.63) is 65.2 Å². The Kier molecular flexibility index (Phi) is 5.25. The zero-order chi connectivity index (χ0) is 17.1. The summed E-state index contributed by atoms with van der Waals surface area (Å²) in [6.07, 6.45) is 0. The van der Waals surface area contributed by atoms with Gasteiger partial charge in [0.15, 0.2) is 0 Å². The number of hydrogen-bond acceptors (Lipinski definition) is 2. The molecule has 0 unspecified atom stereocenters. The summed E-state index contributed by atoms with van der Waals surface area (Å²) < 4.78 is 0. The number of anilines is 1. The van der Waals surface area contributed by atoms with E-state index in [2.05, 4.69) is 86.0 Å². The van der Waals surface area contributed by atoms with E-state index in [1.165, 1.54) is 22.4 Å². The van der Waals surface area contributed by atoms with Gasteiger partial charge in [0.05, 0.1) is 6.67 Å². The topological polar surface area (TPSA) is 6.48 Å². The normalized spacial score (nSPS) is 15.7. The van der Waals surface area contributed by atoms with Crippen molar-refractivity contribution in [1.29, 1.82) is 0 Å². The summed E-state index contributed by atoms with van der Waals surface area (Å²) in [7, 11) is 0. The van der Waals surface area contributed by atoms with Crippen LogP contribution in [0.25, 0.3) is 0 Å². The van der Waals surface area contributed by atoms with E-state index in [1.54, 1.807) is 0 Å². The van der Waals surface area contributed by atoms with Gasteiger partial charge in [0.2, 0.25) is 0 Å². The molecule has 0 saturated carbocycles. The number of hydrogen-bond donors (Lipinski definition) is 0. The highest BCUT2D eigenvalue weighted by atomic mass is 15.4. The average Bonchev–Trinajstić information content (AvgIpc) is 3.03. The lowest BCUT2D eigenvalue weighted by Crippen LogP contribution is -2.27. The minimum absolute atomic E-state index is 0.557. The molecule has 24 heavy (non-hydrogen) atoms. The first-order valence-electron chi connectivity index (χ1n) is 9.20. The molecular weight excluding hydrogens is 292 g/mol. The second kappa shape index (κ2) is 7.40. The van der Waals surface area contributed by atoms with Gasteiger partial charge in [0.25, 0.3) is 0 Å². The van der Waals surface area contributed by atoms with Crippen LogP contribution in [-0.4, -0.2) is 24.7 Å². The van der Waals surface area contributed by atoms with Crippen LogP contribution in [0.2, 0.25) is 0 Å². The second-order valence-corrected chi connectivity index (χ2v) is 7.54. The molecule has 0 radical (unpaired) electrons. The SMILES string of the molecule is CC(C)c1cccc(C(C)C)c1N1CCN(Cc2ccccc2)C1. The quantitative estimate of drug-likeness (QED) is 0.745. The zero-order valence-corrected chi connectivity index (χ0v) is 15.5. The molecule has 2 aromatic carbocycles. The largest absolute Gasteiger partial charge is 0.357 e. The number of nitrogens with zero attached hydrogens (tertiary/aromatic N) is 2. The van der Waals surface area contributed by atoms with Gasteiger partial charge in [-0.3, -0.25) is 4.90 Å². The van der Waals surface area contributed by atoms with Crippen molar-refractivity contribution in [2.75, 3.05) is 24.7 Å². The lowest BCUT2D eigenvalue weighted by Gasteiger charge is -2.28. The van der Waals surface area contributed by atoms with Gasteiger partial charge in [-0.05, 0) is 28.5 Å². The Balaban J connectivity index is 1.82. The summed E-state index contributed by atoms with van der Waals surface area (Å²) in [5.41, 5.74) is 5.86. The lowest BCUT2D eigenvalue weighted by atomic mass is 9.92. The third kappa shape index (κ3) is 3.64. The molecule has 3 rings (SSSR count). The molecule has 0 aromatic heterocycles. The fraction of sp³-hybridized carbons (Fsp3) is 0.455. The van der Waals surface area contributed by atoms with E-state index in [0.29, 0.717) is 11.8 Å². The number of benzene rings is 2. The van der Waals surface area contributed by atoms with Crippen LogP contribution in [0.15, 0.2) is 48.5 Å².